The highest BCUT2D eigenvalue weighted by atomic mass is 32.1. The van der Waals surface area contributed by atoms with Crippen LogP contribution in [0.4, 0.5) is 33.4 Å². The van der Waals surface area contributed by atoms with Crippen LogP contribution >= 0.6 is 11.3 Å². The Kier molecular flexibility index (Phi) is 11.2. The second kappa shape index (κ2) is 16.6. The summed E-state index contributed by atoms with van der Waals surface area (Å²) in [6.07, 6.45) is 9.50. The number of thiophene rings is 1. The molecule has 4 heteroatoms. The van der Waals surface area contributed by atoms with Crippen molar-refractivity contribution in [1.82, 2.24) is 0 Å². The molecule has 3 heterocycles. The van der Waals surface area contributed by atoms with E-state index < -0.39 is 0 Å². The van der Waals surface area contributed by atoms with Crippen molar-refractivity contribution < 1.29 is 0 Å². The van der Waals surface area contributed by atoms with Crippen molar-refractivity contribution in [2.75, 3.05) is 9.80 Å². The molecular formula is C75H91BN2S. The van der Waals surface area contributed by atoms with Gasteiger partial charge in [-0.25, -0.2) is 0 Å². The normalized spacial score (nSPS) is 21.7. The highest BCUT2D eigenvalue weighted by Gasteiger charge is 2.50. The maximum atomic E-state index is 2.80. The summed E-state index contributed by atoms with van der Waals surface area (Å²) in [7, 11) is 0. The van der Waals surface area contributed by atoms with Crippen molar-refractivity contribution in [3.63, 3.8) is 0 Å². The molecule has 410 valence electrons. The molecular weight excluding hydrogens is 972 g/mol. The molecule has 0 spiro atoms. The molecule has 0 fully saturated rings. The Morgan fingerprint density at radius 2 is 0.835 bits per heavy atom. The van der Waals surface area contributed by atoms with Crippen molar-refractivity contribution in [2.24, 2.45) is 0 Å². The van der Waals surface area contributed by atoms with Gasteiger partial charge in [-0.1, -0.05) is 168 Å². The third-order valence-electron chi connectivity index (χ3n) is 22.2. The first kappa shape index (κ1) is 53.3. The summed E-state index contributed by atoms with van der Waals surface area (Å²) in [6.45, 7) is 49.5. The molecule has 13 rings (SSSR count). The second-order valence-corrected chi connectivity index (χ2v) is 33.5. The van der Waals surface area contributed by atoms with Crippen LogP contribution in [0.2, 0.25) is 0 Å². The molecule has 0 radical (unpaired) electrons. The number of fused-ring (bicyclic) bond motifs is 10. The summed E-state index contributed by atoms with van der Waals surface area (Å²) < 4.78 is 1.42. The lowest BCUT2D eigenvalue weighted by molar-refractivity contribution is 0.332. The summed E-state index contributed by atoms with van der Waals surface area (Å²) in [5, 5.41) is 2.83. The Bertz CT molecular complexity index is 3740. The minimum atomic E-state index is 0.0143. The van der Waals surface area contributed by atoms with Gasteiger partial charge in [-0.2, -0.15) is 0 Å². The predicted octanol–water partition coefficient (Wildman–Crippen LogP) is 19.7. The molecule has 0 N–H and O–H groups in total. The van der Waals surface area contributed by atoms with Crippen molar-refractivity contribution in [3.8, 4) is 11.1 Å². The molecule has 6 aliphatic rings. The van der Waals surface area contributed by atoms with Gasteiger partial charge in [0.05, 0.1) is 5.00 Å². The third kappa shape index (κ3) is 7.87. The molecule has 79 heavy (non-hydrogen) atoms. The van der Waals surface area contributed by atoms with Gasteiger partial charge in [-0.05, 0) is 250 Å². The number of aryl methyl sites for hydroxylation is 1. The van der Waals surface area contributed by atoms with Crippen LogP contribution in [0.15, 0.2) is 91.0 Å². The van der Waals surface area contributed by atoms with E-state index in [9.17, 15) is 0 Å². The molecule has 7 aromatic rings. The van der Waals surface area contributed by atoms with Gasteiger partial charge >= 0.3 is 0 Å². The monoisotopic (exact) mass is 1060 g/mol. The van der Waals surface area contributed by atoms with E-state index in [1.807, 2.05) is 0 Å². The minimum absolute atomic E-state index is 0.0143. The Balaban J connectivity index is 1.21. The van der Waals surface area contributed by atoms with Crippen molar-refractivity contribution >= 4 is 78.0 Å². The van der Waals surface area contributed by atoms with Gasteiger partial charge in [0, 0.05) is 33.1 Å². The third-order valence-corrected chi connectivity index (χ3v) is 23.4. The Hall–Kier alpha value is -5.06. The molecule has 0 unspecified atom stereocenters. The van der Waals surface area contributed by atoms with Gasteiger partial charge < -0.3 is 9.80 Å². The molecule has 6 aromatic carbocycles. The van der Waals surface area contributed by atoms with Gasteiger partial charge in [-0.3, -0.25) is 0 Å². The van der Waals surface area contributed by atoms with Crippen LogP contribution in [0.25, 0.3) is 21.2 Å². The van der Waals surface area contributed by atoms with E-state index in [1.54, 1.807) is 11.1 Å². The zero-order valence-corrected chi connectivity index (χ0v) is 53.0. The minimum Gasteiger partial charge on any atom is -0.311 e. The van der Waals surface area contributed by atoms with Crippen LogP contribution in [0.1, 0.15) is 239 Å². The van der Waals surface area contributed by atoms with Crippen molar-refractivity contribution in [1.29, 1.82) is 0 Å². The van der Waals surface area contributed by atoms with E-state index in [0.717, 1.165) is 0 Å². The van der Waals surface area contributed by atoms with Crippen LogP contribution in [-0.4, -0.2) is 6.71 Å². The lowest BCUT2D eigenvalue weighted by atomic mass is 9.33. The molecule has 2 aliphatic heterocycles. The van der Waals surface area contributed by atoms with Crippen LogP contribution < -0.4 is 26.2 Å². The number of benzene rings is 6. The summed E-state index contributed by atoms with van der Waals surface area (Å²) in [4.78, 5) is 5.53. The maximum absolute atomic E-state index is 2.80. The average molecular weight is 1060 g/mol. The zero-order chi connectivity index (χ0) is 56.5. The van der Waals surface area contributed by atoms with E-state index in [-0.39, 0.29) is 55.4 Å². The Morgan fingerprint density at radius 1 is 0.405 bits per heavy atom. The standard InChI is InChI=1S/C75H91BN2S/c1-44-35-52-54(71(11,12)30-29-69(52,7)8)39-49(44)45-36-61-65-62(37-45)78(48-25-26-51-53(38-48)70(9,10)28-27-68(51,5)6)66-64(50-40-55-58(43-63(50)79-66)75(19,20)34-31-72(55,13)14)76(65)59-41-56-57(74(17,18)33-32-73(56,15)16)42-60(59)77(61)47-23-21-46(22-24-47)67(2,3)4/h21-26,35-43H,27-34H2,1-20H3. The number of hydrogen-bond donors (Lipinski definition) is 0. The van der Waals surface area contributed by atoms with E-state index in [0.29, 0.717) is 0 Å². The highest BCUT2D eigenvalue weighted by Crippen LogP contribution is 2.57. The molecule has 0 saturated carbocycles. The molecule has 0 atom stereocenters. The zero-order valence-electron chi connectivity index (χ0n) is 52.2. The largest absolute Gasteiger partial charge is 0.311 e. The molecule has 1 aromatic heterocycles. The van der Waals surface area contributed by atoms with E-state index >= 15 is 0 Å². The van der Waals surface area contributed by atoms with Gasteiger partial charge in [0.25, 0.3) is 6.71 Å². The first-order valence-corrected chi connectivity index (χ1v) is 31.4. The fourth-order valence-electron chi connectivity index (χ4n) is 16.2. The highest BCUT2D eigenvalue weighted by molar-refractivity contribution is 7.26. The molecule has 0 bridgehead atoms. The topological polar surface area (TPSA) is 6.48 Å². The lowest BCUT2D eigenvalue weighted by Gasteiger charge is -2.47. The fraction of sp³-hybridized carbons (Fsp3) is 0.493. The Morgan fingerprint density at radius 3 is 1.37 bits per heavy atom. The fourth-order valence-corrected chi connectivity index (χ4v) is 17.5. The van der Waals surface area contributed by atoms with Crippen molar-refractivity contribution in [2.45, 2.75) is 239 Å². The first-order valence-electron chi connectivity index (χ1n) is 30.6. The second-order valence-electron chi connectivity index (χ2n) is 32.5. The van der Waals surface area contributed by atoms with E-state index in [2.05, 4.69) is 251 Å². The van der Waals surface area contributed by atoms with Gasteiger partial charge in [-0.15, -0.1) is 11.3 Å². The van der Waals surface area contributed by atoms with Gasteiger partial charge in [0.15, 0.2) is 0 Å². The smallest absolute Gasteiger partial charge is 0.254 e. The quantitative estimate of drug-likeness (QED) is 0.163. The number of anilines is 6. The van der Waals surface area contributed by atoms with Crippen LogP contribution in [-0.2, 0) is 48.7 Å². The van der Waals surface area contributed by atoms with Crippen LogP contribution in [0.3, 0.4) is 0 Å². The SMILES string of the molecule is Cc1cc2c(cc1-c1cc3c4c(c1)N(c1ccc5c(c1)C(C)(C)CCC5(C)C)c1sc5cc6c(cc5c1B4c1cc4c(cc1N3c1ccc(C(C)(C)C)cc1)C(C)(C)CCC4(C)C)C(C)(C)CCC6(C)C)C(C)(C)CCC2(C)C. The molecule has 4 aliphatic carbocycles. The lowest BCUT2D eigenvalue weighted by Crippen LogP contribution is -2.61. The predicted molar refractivity (Wildman–Crippen MR) is 346 cm³/mol. The maximum Gasteiger partial charge on any atom is 0.254 e. The van der Waals surface area contributed by atoms with Gasteiger partial charge in [0.2, 0.25) is 0 Å². The number of rotatable bonds is 3. The first-order chi connectivity index (χ1) is 36.6. The van der Waals surface area contributed by atoms with Crippen LogP contribution in [0, 0.1) is 6.92 Å². The molecule has 0 amide bonds. The summed E-state index contributed by atoms with van der Waals surface area (Å²) >= 11 is 2.07. The molecule has 0 saturated heterocycles. The molecule has 2 nitrogen and oxygen atoms in total. The van der Waals surface area contributed by atoms with E-state index in [1.165, 1.54) is 167 Å². The Labute approximate surface area is 481 Å². The summed E-state index contributed by atoms with van der Waals surface area (Å²) in [5.41, 5.74) is 29.1. The van der Waals surface area contributed by atoms with Crippen LogP contribution in [0.5, 0.6) is 0 Å². The summed E-state index contributed by atoms with van der Waals surface area (Å²) in [6, 6.07) is 38.8. The van der Waals surface area contributed by atoms with E-state index in [4.69, 9.17) is 0 Å². The summed E-state index contributed by atoms with van der Waals surface area (Å²) in [5.74, 6) is 0. The van der Waals surface area contributed by atoms with Gasteiger partial charge in [0.1, 0.15) is 0 Å². The number of nitrogens with zero attached hydrogens (tertiary/aromatic N) is 2. The number of hydrogen-bond acceptors (Lipinski definition) is 3. The average Bonchev–Trinajstić information content (AvgIpc) is 2.25. The van der Waals surface area contributed by atoms with Crippen molar-refractivity contribution in [3.05, 3.63) is 147 Å².